The molecule has 1 rings (SSSR count). The molecule has 27 heavy (non-hydrogen) atoms. The lowest BCUT2D eigenvalue weighted by molar-refractivity contribution is -0.158. The van der Waals surface area contributed by atoms with Crippen LogP contribution in [0.15, 0.2) is 30.3 Å². The number of nitrogens with one attached hydrogen (secondary N) is 1. The summed E-state index contributed by atoms with van der Waals surface area (Å²) in [5.41, 5.74) is -0.303. The fraction of sp³-hybridized carbons (Fsp3) is 0.667. The molecule has 0 aromatic heterocycles. The molecule has 0 aliphatic rings. The van der Waals surface area contributed by atoms with E-state index < -0.39 is 25.9 Å². The number of carbonyl (C=O) groups excluding carboxylic acids is 1. The predicted molar refractivity (Wildman–Crippen MR) is 112 cm³/mol. The lowest BCUT2D eigenvalue weighted by Crippen LogP contribution is -2.66. The summed E-state index contributed by atoms with van der Waals surface area (Å²) in [5, 5.41) is 14.3. The lowest BCUT2D eigenvalue weighted by atomic mass is 9.85. The summed E-state index contributed by atoms with van der Waals surface area (Å²) >= 11 is 0. The van der Waals surface area contributed by atoms with Gasteiger partial charge < -0.3 is 14.3 Å². The van der Waals surface area contributed by atoms with Gasteiger partial charge in [-0.3, -0.25) is 5.32 Å². The Bertz CT molecular complexity index is 598. The lowest BCUT2D eigenvalue weighted by Gasteiger charge is -2.43. The molecule has 2 atom stereocenters. The van der Waals surface area contributed by atoms with Gasteiger partial charge in [-0.05, 0) is 29.6 Å². The van der Waals surface area contributed by atoms with E-state index in [0.29, 0.717) is 6.54 Å². The van der Waals surface area contributed by atoms with Crippen molar-refractivity contribution in [2.45, 2.75) is 70.9 Å². The molecule has 1 aromatic carbocycles. The van der Waals surface area contributed by atoms with Crippen molar-refractivity contribution < 1.29 is 19.1 Å². The van der Waals surface area contributed by atoms with Crippen LogP contribution in [0.3, 0.4) is 0 Å². The first-order valence-electron chi connectivity index (χ1n) is 9.57. The summed E-state index contributed by atoms with van der Waals surface area (Å²) in [6.07, 6.45) is -0.946. The molecule has 0 radical (unpaired) electrons. The van der Waals surface area contributed by atoms with E-state index >= 15 is 0 Å². The highest BCUT2D eigenvalue weighted by molar-refractivity contribution is 6.74. The van der Waals surface area contributed by atoms with Crippen molar-refractivity contribution in [1.82, 2.24) is 5.32 Å². The molecular formula is C21H37NO4Si. The minimum absolute atomic E-state index is 0.00290. The summed E-state index contributed by atoms with van der Waals surface area (Å²) in [4.78, 5) is 12.9. The standard InChI is InChI=1S/C21H37NO4Si/c1-16(2)18(23)21(19(24)25-6,15-26-27(7,8)20(3,4)5)22-14-17-12-10-9-11-13-17/h9-13,16,18,22-23H,14-15H2,1-8H3. The van der Waals surface area contributed by atoms with Gasteiger partial charge in [-0.15, -0.1) is 0 Å². The number of carbonyl (C=O) groups is 1. The Balaban J connectivity index is 3.20. The molecule has 0 bridgehead atoms. The van der Waals surface area contributed by atoms with Crippen molar-refractivity contribution in [3.8, 4) is 0 Å². The number of hydrogen-bond donors (Lipinski definition) is 2. The van der Waals surface area contributed by atoms with Gasteiger partial charge in [0.2, 0.25) is 0 Å². The largest absolute Gasteiger partial charge is 0.467 e. The molecule has 154 valence electrons. The number of esters is 1. The first-order chi connectivity index (χ1) is 12.4. The van der Waals surface area contributed by atoms with Crippen LogP contribution in [0.2, 0.25) is 18.1 Å². The minimum Gasteiger partial charge on any atom is -0.467 e. The van der Waals surface area contributed by atoms with Crippen LogP contribution in [0.1, 0.15) is 40.2 Å². The monoisotopic (exact) mass is 395 g/mol. The van der Waals surface area contributed by atoms with E-state index in [1.165, 1.54) is 7.11 Å². The Morgan fingerprint density at radius 1 is 1.19 bits per heavy atom. The fourth-order valence-electron chi connectivity index (χ4n) is 2.61. The maximum absolute atomic E-state index is 12.9. The van der Waals surface area contributed by atoms with Gasteiger partial charge in [0.1, 0.15) is 0 Å². The molecular weight excluding hydrogens is 358 g/mol. The number of hydrogen-bond acceptors (Lipinski definition) is 5. The average molecular weight is 396 g/mol. The molecule has 6 heteroatoms. The van der Waals surface area contributed by atoms with E-state index in [2.05, 4.69) is 39.2 Å². The van der Waals surface area contributed by atoms with Gasteiger partial charge in [0, 0.05) is 6.54 Å². The third kappa shape index (κ3) is 5.88. The Kier molecular flexibility index (Phi) is 8.23. The Hall–Kier alpha value is -1.21. The first kappa shape index (κ1) is 23.8. The second-order valence-corrected chi connectivity index (χ2v) is 13.8. The van der Waals surface area contributed by atoms with Gasteiger partial charge >= 0.3 is 5.97 Å². The average Bonchev–Trinajstić information content (AvgIpc) is 2.60. The Morgan fingerprint density at radius 2 is 1.74 bits per heavy atom. The fourth-order valence-corrected chi connectivity index (χ4v) is 3.63. The summed E-state index contributed by atoms with van der Waals surface area (Å²) < 4.78 is 11.5. The van der Waals surface area contributed by atoms with Crippen LogP contribution in [0.5, 0.6) is 0 Å². The first-order valence-corrected chi connectivity index (χ1v) is 12.5. The molecule has 1 aromatic rings. The predicted octanol–water partition coefficient (Wildman–Crippen LogP) is 3.73. The smallest absolute Gasteiger partial charge is 0.331 e. The van der Waals surface area contributed by atoms with Gasteiger partial charge in [0.05, 0.1) is 19.8 Å². The molecule has 0 amide bonds. The van der Waals surface area contributed by atoms with Crippen LogP contribution < -0.4 is 5.32 Å². The van der Waals surface area contributed by atoms with E-state index in [-0.39, 0.29) is 17.6 Å². The highest BCUT2D eigenvalue weighted by atomic mass is 28.4. The van der Waals surface area contributed by atoms with E-state index in [4.69, 9.17) is 9.16 Å². The van der Waals surface area contributed by atoms with Crippen LogP contribution in [0.25, 0.3) is 0 Å². The quantitative estimate of drug-likeness (QED) is 0.493. The van der Waals surface area contributed by atoms with E-state index in [9.17, 15) is 9.90 Å². The second-order valence-electron chi connectivity index (χ2n) is 9.04. The highest BCUT2D eigenvalue weighted by Crippen LogP contribution is 2.37. The SMILES string of the molecule is COC(=O)C(CO[Si](C)(C)C(C)(C)C)(NCc1ccccc1)C(O)C(C)C. The zero-order chi connectivity index (χ0) is 20.9. The summed E-state index contributed by atoms with van der Waals surface area (Å²) in [6.45, 7) is 15.0. The zero-order valence-electron chi connectivity index (χ0n) is 18.1. The van der Waals surface area contributed by atoms with Crippen molar-refractivity contribution in [2.24, 2.45) is 5.92 Å². The summed E-state index contributed by atoms with van der Waals surface area (Å²) in [5.74, 6) is -0.645. The van der Waals surface area contributed by atoms with Crippen LogP contribution in [-0.4, -0.2) is 44.8 Å². The van der Waals surface area contributed by atoms with Crippen molar-refractivity contribution in [1.29, 1.82) is 0 Å². The maximum atomic E-state index is 12.9. The topological polar surface area (TPSA) is 67.8 Å². The number of methoxy groups -OCH3 is 1. The Morgan fingerprint density at radius 3 is 2.19 bits per heavy atom. The molecule has 0 saturated carbocycles. The number of benzene rings is 1. The zero-order valence-corrected chi connectivity index (χ0v) is 19.1. The third-order valence-electron chi connectivity index (χ3n) is 5.60. The molecule has 2 N–H and O–H groups in total. The third-order valence-corrected chi connectivity index (χ3v) is 10.1. The van der Waals surface area contributed by atoms with E-state index in [1.54, 1.807) is 0 Å². The number of aliphatic hydroxyl groups is 1. The van der Waals surface area contributed by atoms with Gasteiger partial charge in [-0.2, -0.15) is 0 Å². The van der Waals surface area contributed by atoms with Crippen LogP contribution in [-0.2, 0) is 20.5 Å². The van der Waals surface area contributed by atoms with Crippen molar-refractivity contribution in [3.05, 3.63) is 35.9 Å². The molecule has 0 spiro atoms. The molecule has 2 unspecified atom stereocenters. The van der Waals surface area contributed by atoms with Crippen LogP contribution in [0, 0.1) is 5.92 Å². The summed E-state index contributed by atoms with van der Waals surface area (Å²) in [7, 11) is -0.773. The molecule has 0 aliphatic carbocycles. The van der Waals surface area contributed by atoms with Crippen molar-refractivity contribution in [2.75, 3.05) is 13.7 Å². The summed E-state index contributed by atoms with van der Waals surface area (Å²) in [6, 6.07) is 9.79. The van der Waals surface area contributed by atoms with Gasteiger partial charge in [-0.1, -0.05) is 65.0 Å². The van der Waals surface area contributed by atoms with E-state index in [0.717, 1.165) is 5.56 Å². The normalized spacial score (nSPS) is 16.1. The van der Waals surface area contributed by atoms with Crippen LogP contribution >= 0.6 is 0 Å². The number of aliphatic hydroxyl groups excluding tert-OH is 1. The van der Waals surface area contributed by atoms with Crippen LogP contribution in [0.4, 0.5) is 0 Å². The van der Waals surface area contributed by atoms with Crippen molar-refractivity contribution in [3.63, 3.8) is 0 Å². The number of rotatable bonds is 9. The molecule has 0 fully saturated rings. The van der Waals surface area contributed by atoms with Crippen molar-refractivity contribution >= 4 is 14.3 Å². The molecule has 0 heterocycles. The van der Waals surface area contributed by atoms with Gasteiger partial charge in [0.15, 0.2) is 13.9 Å². The van der Waals surface area contributed by atoms with Gasteiger partial charge in [-0.25, -0.2) is 4.79 Å². The minimum atomic E-state index is -2.12. The highest BCUT2D eigenvalue weighted by Gasteiger charge is 2.50. The molecule has 5 nitrogen and oxygen atoms in total. The second kappa shape index (κ2) is 9.32. The van der Waals surface area contributed by atoms with Gasteiger partial charge in [0.25, 0.3) is 0 Å². The Labute approximate surface area is 165 Å². The molecule has 0 aliphatic heterocycles. The van der Waals surface area contributed by atoms with E-state index in [1.807, 2.05) is 44.2 Å². The number of ether oxygens (including phenoxy) is 1. The molecule has 0 saturated heterocycles. The maximum Gasteiger partial charge on any atom is 0.331 e.